The van der Waals surface area contributed by atoms with Crippen LogP contribution in [0.2, 0.25) is 0 Å². The molecule has 1 aromatic rings. The molecule has 0 aromatic carbocycles. The van der Waals surface area contributed by atoms with Crippen molar-refractivity contribution in [1.82, 2.24) is 0 Å². The zero-order valence-corrected chi connectivity index (χ0v) is 6.98. The van der Waals surface area contributed by atoms with Gasteiger partial charge in [0.25, 0.3) is 0 Å². The first-order valence-corrected chi connectivity index (χ1v) is 4.13. The lowest BCUT2D eigenvalue weighted by molar-refractivity contribution is 0.0532. The van der Waals surface area contributed by atoms with Gasteiger partial charge in [0.1, 0.15) is 4.88 Å². The quantitative estimate of drug-likeness (QED) is 0.686. The Balaban J connectivity index is 2.69. The van der Waals surface area contributed by atoms with E-state index >= 15 is 0 Å². The van der Waals surface area contributed by atoms with Crippen LogP contribution in [-0.4, -0.2) is 12.6 Å². The summed E-state index contributed by atoms with van der Waals surface area (Å²) in [4.78, 5) is 11.6. The second-order valence-electron chi connectivity index (χ2n) is 1.96. The monoisotopic (exact) mass is 171 g/mol. The Morgan fingerprint density at radius 2 is 2.55 bits per heavy atom. The highest BCUT2D eigenvalue weighted by atomic mass is 32.1. The number of carbonyl (C=O) groups is 1. The number of ether oxygens (including phenoxy) is 1. The molecule has 0 aliphatic heterocycles. The number of nitrogen functional groups attached to an aromatic ring is 1. The van der Waals surface area contributed by atoms with Gasteiger partial charge in [-0.2, -0.15) is 0 Å². The van der Waals surface area contributed by atoms with Crippen molar-refractivity contribution in [3.63, 3.8) is 0 Å². The van der Waals surface area contributed by atoms with Crippen LogP contribution in [0, 0.1) is 0 Å². The third-order valence-corrected chi connectivity index (χ3v) is 2.02. The summed E-state index contributed by atoms with van der Waals surface area (Å²) in [6.07, 6.45) is 0. The maximum absolute atomic E-state index is 11.0. The van der Waals surface area contributed by atoms with Crippen molar-refractivity contribution in [3.8, 4) is 0 Å². The summed E-state index contributed by atoms with van der Waals surface area (Å²) < 4.78 is 4.76. The van der Waals surface area contributed by atoms with Gasteiger partial charge in [-0.05, 0) is 13.0 Å². The van der Waals surface area contributed by atoms with Gasteiger partial charge in [-0.25, -0.2) is 4.79 Å². The van der Waals surface area contributed by atoms with E-state index in [0.717, 1.165) is 0 Å². The number of rotatable bonds is 2. The van der Waals surface area contributed by atoms with Crippen molar-refractivity contribution >= 4 is 23.0 Å². The van der Waals surface area contributed by atoms with Crippen LogP contribution >= 0.6 is 11.3 Å². The van der Waals surface area contributed by atoms with Crippen LogP contribution in [0.1, 0.15) is 16.6 Å². The van der Waals surface area contributed by atoms with Crippen molar-refractivity contribution in [2.75, 3.05) is 12.3 Å². The Morgan fingerprint density at radius 3 is 3.00 bits per heavy atom. The number of hydrogen-bond donors (Lipinski definition) is 1. The molecule has 0 aliphatic rings. The van der Waals surface area contributed by atoms with Crippen LogP contribution in [0.3, 0.4) is 0 Å². The summed E-state index contributed by atoms with van der Waals surface area (Å²) in [5.74, 6) is -0.297. The van der Waals surface area contributed by atoms with Gasteiger partial charge in [-0.1, -0.05) is 0 Å². The molecule has 0 atom stereocenters. The fourth-order valence-electron chi connectivity index (χ4n) is 0.660. The van der Waals surface area contributed by atoms with Gasteiger partial charge >= 0.3 is 5.97 Å². The molecule has 0 saturated carbocycles. The summed E-state index contributed by atoms with van der Waals surface area (Å²) in [5, 5.41) is 1.71. The molecule has 0 aliphatic carbocycles. The van der Waals surface area contributed by atoms with Gasteiger partial charge in [0.15, 0.2) is 0 Å². The third-order valence-electron chi connectivity index (χ3n) is 1.10. The van der Waals surface area contributed by atoms with Crippen molar-refractivity contribution < 1.29 is 9.53 Å². The van der Waals surface area contributed by atoms with Gasteiger partial charge in [0.2, 0.25) is 0 Å². The predicted molar refractivity (Wildman–Crippen MR) is 44.7 cm³/mol. The zero-order chi connectivity index (χ0) is 8.27. The highest BCUT2D eigenvalue weighted by Crippen LogP contribution is 2.16. The lowest BCUT2D eigenvalue weighted by Crippen LogP contribution is -2.01. The zero-order valence-electron chi connectivity index (χ0n) is 6.16. The SMILES string of the molecule is CCOC(=O)c1cc(N)cs1. The largest absolute Gasteiger partial charge is 0.462 e. The number of carbonyl (C=O) groups excluding carboxylic acids is 1. The van der Waals surface area contributed by atoms with Crippen LogP contribution < -0.4 is 5.73 Å². The lowest BCUT2D eigenvalue weighted by Gasteiger charge is -1.95. The second-order valence-corrected chi connectivity index (χ2v) is 2.88. The average Bonchev–Trinajstić information content (AvgIpc) is 2.36. The summed E-state index contributed by atoms with van der Waals surface area (Å²) in [6.45, 7) is 2.17. The number of nitrogens with two attached hydrogens (primary N) is 1. The molecular weight excluding hydrogens is 162 g/mol. The topological polar surface area (TPSA) is 52.3 Å². The smallest absolute Gasteiger partial charge is 0.348 e. The average molecular weight is 171 g/mol. The Hall–Kier alpha value is -1.03. The van der Waals surface area contributed by atoms with Crippen LogP contribution in [0.4, 0.5) is 5.69 Å². The molecule has 0 spiro atoms. The summed E-state index contributed by atoms with van der Waals surface area (Å²) in [6, 6.07) is 1.61. The van der Waals surface area contributed by atoms with Crippen molar-refractivity contribution in [2.24, 2.45) is 0 Å². The minimum absolute atomic E-state index is 0.297. The van der Waals surface area contributed by atoms with Gasteiger partial charge in [0, 0.05) is 11.1 Å². The van der Waals surface area contributed by atoms with E-state index in [-0.39, 0.29) is 5.97 Å². The van der Waals surface area contributed by atoms with Gasteiger partial charge < -0.3 is 10.5 Å². The summed E-state index contributed by atoms with van der Waals surface area (Å²) in [5.41, 5.74) is 6.02. The van der Waals surface area contributed by atoms with E-state index in [0.29, 0.717) is 17.2 Å². The second kappa shape index (κ2) is 3.39. The van der Waals surface area contributed by atoms with E-state index < -0.39 is 0 Å². The molecule has 1 rings (SSSR count). The minimum atomic E-state index is -0.297. The Bertz CT molecular complexity index is 257. The first-order valence-electron chi connectivity index (χ1n) is 3.25. The molecule has 4 heteroatoms. The molecular formula is C7H9NO2S. The van der Waals surface area contributed by atoms with Gasteiger partial charge in [-0.3, -0.25) is 0 Å². The number of esters is 1. The fourth-order valence-corrected chi connectivity index (χ4v) is 1.35. The lowest BCUT2D eigenvalue weighted by atomic mass is 10.4. The molecule has 60 valence electrons. The normalized spacial score (nSPS) is 9.55. The van der Waals surface area contributed by atoms with Crippen LogP contribution in [0.25, 0.3) is 0 Å². The van der Waals surface area contributed by atoms with Crippen molar-refractivity contribution in [1.29, 1.82) is 0 Å². The number of thiophene rings is 1. The third kappa shape index (κ3) is 1.94. The molecule has 1 heterocycles. The van der Waals surface area contributed by atoms with Crippen molar-refractivity contribution in [3.05, 3.63) is 16.3 Å². The van der Waals surface area contributed by atoms with Crippen LogP contribution in [0.15, 0.2) is 11.4 Å². The minimum Gasteiger partial charge on any atom is -0.462 e. The van der Waals surface area contributed by atoms with Crippen molar-refractivity contribution in [2.45, 2.75) is 6.92 Å². The molecule has 3 nitrogen and oxygen atoms in total. The van der Waals surface area contributed by atoms with E-state index in [1.54, 1.807) is 18.4 Å². The predicted octanol–water partition coefficient (Wildman–Crippen LogP) is 1.51. The van der Waals surface area contributed by atoms with E-state index in [9.17, 15) is 4.79 Å². The maximum atomic E-state index is 11.0. The highest BCUT2D eigenvalue weighted by molar-refractivity contribution is 7.12. The Morgan fingerprint density at radius 1 is 1.82 bits per heavy atom. The van der Waals surface area contributed by atoms with E-state index in [2.05, 4.69) is 0 Å². The van der Waals surface area contributed by atoms with Crippen LogP contribution in [-0.2, 0) is 4.74 Å². The molecule has 0 saturated heterocycles. The Labute approximate surface area is 68.8 Å². The first kappa shape index (κ1) is 8.07. The summed E-state index contributed by atoms with van der Waals surface area (Å²) >= 11 is 1.30. The molecule has 0 fully saturated rings. The molecule has 2 N–H and O–H groups in total. The molecule has 0 radical (unpaired) electrons. The number of hydrogen-bond acceptors (Lipinski definition) is 4. The molecule has 0 bridgehead atoms. The van der Waals surface area contributed by atoms with Gasteiger partial charge in [0.05, 0.1) is 6.61 Å². The molecule has 0 unspecified atom stereocenters. The van der Waals surface area contributed by atoms with Gasteiger partial charge in [-0.15, -0.1) is 11.3 Å². The first-order chi connectivity index (χ1) is 5.24. The number of anilines is 1. The van der Waals surface area contributed by atoms with E-state index in [4.69, 9.17) is 10.5 Å². The highest BCUT2D eigenvalue weighted by Gasteiger charge is 2.07. The molecule has 11 heavy (non-hydrogen) atoms. The molecule has 0 amide bonds. The molecule has 1 aromatic heterocycles. The van der Waals surface area contributed by atoms with Crippen LogP contribution in [0.5, 0.6) is 0 Å². The van der Waals surface area contributed by atoms with E-state index in [1.165, 1.54) is 11.3 Å². The standard InChI is InChI=1S/C7H9NO2S/c1-2-10-7(9)6-3-5(8)4-11-6/h3-4H,2,8H2,1H3. The maximum Gasteiger partial charge on any atom is 0.348 e. The van der Waals surface area contributed by atoms with E-state index in [1.807, 2.05) is 0 Å². The summed E-state index contributed by atoms with van der Waals surface area (Å²) in [7, 11) is 0. The Kier molecular flexibility index (Phi) is 2.48. The fraction of sp³-hybridized carbons (Fsp3) is 0.286.